The van der Waals surface area contributed by atoms with Crippen LogP contribution in [-0.2, 0) is 34.4 Å². The molecule has 1 fully saturated rings. The smallest absolute Gasteiger partial charge is 0.264 e. The van der Waals surface area contributed by atoms with Crippen molar-refractivity contribution >= 4 is 40.0 Å². The lowest BCUT2D eigenvalue weighted by atomic mass is 9.85. The topological polar surface area (TPSA) is 175 Å². The molecule has 4 atom stereocenters. The maximum absolute atomic E-state index is 15.0. The number of β-amino-alcohol motifs (C(OH)–C–C–N with tert-alkyl or cyclic N) is 1. The highest BCUT2D eigenvalue weighted by Crippen LogP contribution is 2.44. The van der Waals surface area contributed by atoms with Crippen LogP contribution in [-0.4, -0.2) is 80.5 Å². The highest BCUT2D eigenvalue weighted by molar-refractivity contribution is 5.97. The van der Waals surface area contributed by atoms with Crippen LogP contribution in [0.15, 0.2) is 71.8 Å². The first kappa shape index (κ1) is 44.5. The van der Waals surface area contributed by atoms with Gasteiger partial charge < -0.3 is 34.8 Å². The molecule has 63 heavy (non-hydrogen) atoms. The summed E-state index contributed by atoms with van der Waals surface area (Å²) in [6.45, 7) is 8.97. The van der Waals surface area contributed by atoms with Gasteiger partial charge in [0.1, 0.15) is 24.4 Å². The summed E-state index contributed by atoms with van der Waals surface area (Å²) < 4.78 is 38.5. The minimum Gasteiger partial charge on any atom is -0.497 e. The monoisotopic (exact) mass is 862 g/mol. The number of aryl methyl sites for hydroxylation is 3. The van der Waals surface area contributed by atoms with E-state index in [9.17, 15) is 24.3 Å². The molecule has 7 rings (SSSR count). The number of halogens is 2. The number of nitrogens with zero attached hydrogens (tertiary/aromatic N) is 6. The number of hydrogen-bond acceptors (Lipinski definition) is 9. The molecule has 2 aromatic heterocycles. The number of hydrogen-bond donors (Lipinski definition) is 3. The molecule has 3 aromatic carbocycles. The van der Waals surface area contributed by atoms with Gasteiger partial charge in [-0.1, -0.05) is 32.9 Å². The van der Waals surface area contributed by atoms with E-state index in [1.165, 1.54) is 35.2 Å². The second-order valence-electron chi connectivity index (χ2n) is 17.5. The van der Waals surface area contributed by atoms with Crippen molar-refractivity contribution in [2.45, 2.75) is 91.1 Å². The van der Waals surface area contributed by atoms with Gasteiger partial charge >= 0.3 is 0 Å². The van der Waals surface area contributed by atoms with Gasteiger partial charge in [0.15, 0.2) is 0 Å². The standard InChI is InChI=1S/C47H52F2N8O6/c1-26-15-36-38(54(6)45(26)61)18-33(63-7)19-39(36)56-14-8-9-30-16-34(35(43(48)49)20-37(30)56)31-22-51-55(23-31)25-41(59)53-42(47(3,4)5)46(62)57-24-32(58)17-40(57)44(60)52-27(2)29-12-10-28(21-50)11-13-29/h10-13,15-16,18-20,22-23,27,32,40,42-43,58H,8-9,14,17,24-25H2,1-7H3,(H,52,60)(H,53,59)/t27-,32+,40-,42+/m0/s1. The van der Waals surface area contributed by atoms with Crippen molar-refractivity contribution < 1.29 is 33.0 Å². The lowest BCUT2D eigenvalue weighted by Crippen LogP contribution is -2.58. The summed E-state index contributed by atoms with van der Waals surface area (Å²) in [6.07, 6.45) is 0.524. The van der Waals surface area contributed by atoms with Gasteiger partial charge in [0.2, 0.25) is 17.7 Å². The zero-order chi connectivity index (χ0) is 45.5. The van der Waals surface area contributed by atoms with Crippen LogP contribution in [0.4, 0.5) is 20.2 Å². The summed E-state index contributed by atoms with van der Waals surface area (Å²) in [5.74, 6) is -1.04. The molecule has 2 aliphatic rings. The van der Waals surface area contributed by atoms with E-state index in [1.807, 2.05) is 17.0 Å². The highest BCUT2D eigenvalue weighted by atomic mass is 19.3. The third-order valence-electron chi connectivity index (χ3n) is 12.0. The predicted octanol–water partition coefficient (Wildman–Crippen LogP) is 5.98. The first-order valence-electron chi connectivity index (χ1n) is 20.9. The number of aliphatic hydroxyl groups excluding tert-OH is 1. The number of anilines is 2. The van der Waals surface area contributed by atoms with Crippen LogP contribution in [0.25, 0.3) is 22.0 Å². The molecule has 5 aromatic rings. The van der Waals surface area contributed by atoms with Crippen LogP contribution in [0.1, 0.15) is 80.8 Å². The Morgan fingerprint density at radius 2 is 1.79 bits per heavy atom. The summed E-state index contributed by atoms with van der Waals surface area (Å²) in [4.78, 5) is 57.6. The number of benzene rings is 3. The third-order valence-corrected chi connectivity index (χ3v) is 12.0. The zero-order valence-electron chi connectivity index (χ0n) is 36.4. The summed E-state index contributed by atoms with van der Waals surface area (Å²) in [5, 5.41) is 30.6. The van der Waals surface area contributed by atoms with Crippen LogP contribution in [0.5, 0.6) is 5.75 Å². The van der Waals surface area contributed by atoms with E-state index in [-0.39, 0.29) is 36.2 Å². The summed E-state index contributed by atoms with van der Waals surface area (Å²) in [5.41, 5.74) is 4.13. The van der Waals surface area contributed by atoms with Gasteiger partial charge in [0, 0.05) is 72.7 Å². The number of fused-ring (bicyclic) bond motifs is 2. The van der Waals surface area contributed by atoms with E-state index in [0.717, 1.165) is 28.6 Å². The van der Waals surface area contributed by atoms with E-state index < -0.39 is 53.8 Å². The molecule has 2 aliphatic heterocycles. The Bertz CT molecular complexity index is 2680. The van der Waals surface area contributed by atoms with Gasteiger partial charge in [-0.05, 0) is 79.1 Å². The number of aliphatic hydroxyl groups is 1. The predicted molar refractivity (Wildman–Crippen MR) is 234 cm³/mol. The second kappa shape index (κ2) is 17.6. The average Bonchev–Trinajstić information content (AvgIpc) is 3.89. The SMILES string of the molecule is COc1cc(N2CCCc3cc(-c4cnn(CC(=O)N[C@H](C(=O)N5C[C@H](O)C[C@H]5C(=O)N[C@@H](C)c5ccc(C#N)cc5)C(C)(C)C)c4)c(C(F)F)cc32)c2cc(C)c(=O)n(C)c2c1. The Hall–Kier alpha value is -6.60. The summed E-state index contributed by atoms with van der Waals surface area (Å²) in [7, 11) is 3.23. The molecule has 3 amide bonds. The fraction of sp³-hybridized carbons (Fsp3) is 0.404. The number of pyridine rings is 1. The molecule has 0 unspecified atom stereocenters. The van der Waals surface area contributed by atoms with Crippen molar-refractivity contribution in [3.05, 3.63) is 105 Å². The van der Waals surface area contributed by atoms with Crippen molar-refractivity contribution in [3.63, 3.8) is 0 Å². The van der Waals surface area contributed by atoms with Gasteiger partial charge in [-0.2, -0.15) is 10.4 Å². The third kappa shape index (κ3) is 9.01. The van der Waals surface area contributed by atoms with Gasteiger partial charge in [-0.3, -0.25) is 23.9 Å². The maximum Gasteiger partial charge on any atom is 0.264 e. The van der Waals surface area contributed by atoms with Crippen molar-refractivity contribution in [2.75, 3.05) is 25.1 Å². The van der Waals surface area contributed by atoms with E-state index in [4.69, 9.17) is 10.00 Å². The van der Waals surface area contributed by atoms with Crippen molar-refractivity contribution in [3.8, 4) is 22.9 Å². The fourth-order valence-electron chi connectivity index (χ4n) is 8.65. The lowest BCUT2D eigenvalue weighted by molar-refractivity contribution is -0.144. The first-order chi connectivity index (χ1) is 29.9. The minimum atomic E-state index is -2.85. The van der Waals surface area contributed by atoms with E-state index in [2.05, 4.69) is 21.8 Å². The number of carbonyl (C=O) groups is 3. The molecule has 16 heteroatoms. The number of amides is 3. The van der Waals surface area contributed by atoms with E-state index >= 15 is 8.78 Å². The lowest BCUT2D eigenvalue weighted by Gasteiger charge is -2.35. The highest BCUT2D eigenvalue weighted by Gasteiger charge is 2.45. The largest absolute Gasteiger partial charge is 0.497 e. The van der Waals surface area contributed by atoms with Crippen LogP contribution >= 0.6 is 0 Å². The van der Waals surface area contributed by atoms with Crippen molar-refractivity contribution in [2.24, 2.45) is 12.5 Å². The van der Waals surface area contributed by atoms with E-state index in [0.29, 0.717) is 46.6 Å². The number of aromatic nitrogens is 3. The molecule has 3 N–H and O–H groups in total. The minimum absolute atomic E-state index is 0.0135. The summed E-state index contributed by atoms with van der Waals surface area (Å²) in [6, 6.07) is 15.0. The molecule has 0 saturated carbocycles. The number of rotatable bonds is 11. The molecule has 0 aliphatic carbocycles. The van der Waals surface area contributed by atoms with Gasteiger partial charge in [0.25, 0.3) is 12.0 Å². The normalized spacial score (nSPS) is 17.3. The number of nitrogens with one attached hydrogen (secondary N) is 2. The van der Waals surface area contributed by atoms with Crippen LogP contribution in [0, 0.1) is 23.7 Å². The zero-order valence-corrected chi connectivity index (χ0v) is 36.4. The Balaban J connectivity index is 1.10. The number of methoxy groups -OCH3 is 1. The Morgan fingerprint density at radius 3 is 2.46 bits per heavy atom. The van der Waals surface area contributed by atoms with E-state index in [1.54, 1.807) is 82.6 Å². The molecule has 0 bridgehead atoms. The Morgan fingerprint density at radius 1 is 1.06 bits per heavy atom. The van der Waals surface area contributed by atoms with Gasteiger partial charge in [0.05, 0.1) is 48.3 Å². The number of carbonyl (C=O) groups excluding carboxylic acids is 3. The molecule has 1 saturated heterocycles. The first-order valence-corrected chi connectivity index (χ1v) is 20.9. The van der Waals surface area contributed by atoms with Gasteiger partial charge in [-0.15, -0.1) is 0 Å². The molecule has 4 heterocycles. The number of likely N-dealkylation sites (tertiary alicyclic amines) is 1. The molecular weight excluding hydrogens is 811 g/mol. The number of alkyl halides is 2. The van der Waals surface area contributed by atoms with Crippen LogP contribution in [0.3, 0.4) is 0 Å². The molecule has 0 spiro atoms. The van der Waals surface area contributed by atoms with Crippen LogP contribution < -0.4 is 25.8 Å². The molecule has 0 radical (unpaired) electrons. The molecular formula is C47H52F2N8O6. The number of ether oxygens (including phenoxy) is 1. The maximum atomic E-state index is 15.0. The fourth-order valence-corrected chi connectivity index (χ4v) is 8.65. The average molecular weight is 863 g/mol. The van der Waals surface area contributed by atoms with Gasteiger partial charge in [-0.25, -0.2) is 8.78 Å². The van der Waals surface area contributed by atoms with Crippen LogP contribution in [0.2, 0.25) is 0 Å². The quantitative estimate of drug-likeness (QED) is 0.144. The Labute approximate surface area is 364 Å². The Kier molecular flexibility index (Phi) is 12.4. The number of nitriles is 1. The second-order valence-corrected chi connectivity index (χ2v) is 17.5. The summed E-state index contributed by atoms with van der Waals surface area (Å²) >= 11 is 0. The molecule has 14 nitrogen and oxygen atoms in total. The van der Waals surface area contributed by atoms with Crippen molar-refractivity contribution in [1.82, 2.24) is 29.9 Å². The molecule has 330 valence electrons. The van der Waals surface area contributed by atoms with Crippen molar-refractivity contribution in [1.29, 1.82) is 5.26 Å².